The van der Waals surface area contributed by atoms with Gasteiger partial charge in [-0.3, -0.25) is 4.99 Å². The molecule has 1 aromatic rings. The number of guanidine groups is 1. The molecule has 0 radical (unpaired) electrons. The number of benzene rings is 1. The van der Waals surface area contributed by atoms with Crippen LogP contribution in [-0.2, 0) is 14.8 Å². The van der Waals surface area contributed by atoms with E-state index >= 15 is 0 Å². The molecule has 1 unspecified atom stereocenters. The van der Waals surface area contributed by atoms with Gasteiger partial charge in [-0.2, -0.15) is 0 Å². The van der Waals surface area contributed by atoms with Crippen LogP contribution >= 0.6 is 35.6 Å². The van der Waals surface area contributed by atoms with Crippen molar-refractivity contribution in [2.75, 3.05) is 33.9 Å². The number of nitrogens with one attached hydrogen (secondary N) is 3. The largest absolute Gasteiger partial charge is 0.383 e. The van der Waals surface area contributed by atoms with Gasteiger partial charge >= 0.3 is 0 Å². The molecule has 0 aliphatic rings. The van der Waals surface area contributed by atoms with Crippen LogP contribution in [0.2, 0.25) is 5.02 Å². The highest BCUT2D eigenvalue weighted by Crippen LogP contribution is 2.14. The SMILES string of the molecule is CN=C(NCCNS(=O)(=O)c1cccc(Cl)c1)NC(C)COC.I. The zero-order valence-corrected chi connectivity index (χ0v) is 17.8. The van der Waals surface area contributed by atoms with Crippen LogP contribution in [0.25, 0.3) is 0 Å². The highest BCUT2D eigenvalue weighted by atomic mass is 127. The zero-order chi connectivity index (χ0) is 17.3. The summed E-state index contributed by atoms with van der Waals surface area (Å²) >= 11 is 5.81. The number of rotatable bonds is 8. The lowest BCUT2D eigenvalue weighted by Crippen LogP contribution is -2.46. The Kier molecular flexibility index (Phi) is 11.5. The van der Waals surface area contributed by atoms with E-state index in [1.165, 1.54) is 12.1 Å². The Morgan fingerprint density at radius 3 is 2.67 bits per heavy atom. The molecule has 0 saturated heterocycles. The van der Waals surface area contributed by atoms with Gasteiger partial charge < -0.3 is 15.4 Å². The minimum absolute atomic E-state index is 0. The fraction of sp³-hybridized carbons (Fsp3) is 0.500. The number of sulfonamides is 1. The van der Waals surface area contributed by atoms with E-state index in [4.69, 9.17) is 16.3 Å². The molecule has 0 aliphatic heterocycles. The Bertz CT molecular complexity index is 628. The van der Waals surface area contributed by atoms with Crippen molar-refractivity contribution in [1.29, 1.82) is 0 Å². The van der Waals surface area contributed by atoms with E-state index < -0.39 is 10.0 Å². The maximum absolute atomic E-state index is 12.1. The highest BCUT2D eigenvalue weighted by molar-refractivity contribution is 14.0. The van der Waals surface area contributed by atoms with Crippen molar-refractivity contribution in [1.82, 2.24) is 15.4 Å². The predicted molar refractivity (Wildman–Crippen MR) is 108 cm³/mol. The van der Waals surface area contributed by atoms with Gasteiger partial charge in [0, 0.05) is 38.3 Å². The first-order chi connectivity index (χ1) is 10.9. The lowest BCUT2D eigenvalue weighted by molar-refractivity contribution is 0.179. The van der Waals surface area contributed by atoms with Crippen LogP contribution in [-0.4, -0.2) is 54.3 Å². The molecule has 1 rings (SSSR count). The lowest BCUT2D eigenvalue weighted by Gasteiger charge is -2.17. The van der Waals surface area contributed by atoms with E-state index in [0.29, 0.717) is 24.1 Å². The minimum atomic E-state index is -3.57. The molecule has 0 amide bonds. The van der Waals surface area contributed by atoms with Crippen LogP contribution in [0.4, 0.5) is 0 Å². The Balaban J connectivity index is 0.00000529. The summed E-state index contributed by atoms with van der Waals surface area (Å²) in [4.78, 5) is 4.20. The number of methoxy groups -OCH3 is 1. The molecule has 1 atom stereocenters. The molecule has 0 aromatic heterocycles. The van der Waals surface area contributed by atoms with Crippen molar-refractivity contribution in [2.24, 2.45) is 4.99 Å². The average molecular weight is 491 g/mol. The van der Waals surface area contributed by atoms with Crippen LogP contribution in [0, 0.1) is 0 Å². The Morgan fingerprint density at radius 2 is 2.08 bits per heavy atom. The third-order valence-corrected chi connectivity index (χ3v) is 4.53. The van der Waals surface area contributed by atoms with E-state index in [2.05, 4.69) is 20.3 Å². The fourth-order valence-electron chi connectivity index (χ4n) is 1.80. The molecule has 1 aromatic carbocycles. The van der Waals surface area contributed by atoms with E-state index in [-0.39, 0.29) is 41.5 Å². The number of hydrogen-bond donors (Lipinski definition) is 3. The topological polar surface area (TPSA) is 91.8 Å². The first-order valence-electron chi connectivity index (χ1n) is 7.10. The van der Waals surface area contributed by atoms with Gasteiger partial charge in [-0.15, -0.1) is 24.0 Å². The second-order valence-corrected chi connectivity index (χ2v) is 7.06. The Hall–Kier alpha value is -0.620. The first kappa shape index (κ1) is 23.4. The third-order valence-electron chi connectivity index (χ3n) is 2.84. The van der Waals surface area contributed by atoms with Gasteiger partial charge in [0.2, 0.25) is 10.0 Å². The molecular weight excluding hydrogens is 467 g/mol. The summed E-state index contributed by atoms with van der Waals surface area (Å²) in [5.74, 6) is 0.580. The standard InChI is InChI=1S/C14H23ClN4O3S.HI/c1-11(10-22-3)19-14(16-2)17-7-8-18-23(20,21)13-6-4-5-12(15)9-13;/h4-6,9,11,18H,7-8,10H2,1-3H3,(H2,16,17,19);1H. The maximum Gasteiger partial charge on any atom is 0.240 e. The summed E-state index contributed by atoms with van der Waals surface area (Å²) in [6.45, 7) is 3.10. The number of aliphatic imine (C=N–C) groups is 1. The van der Waals surface area contributed by atoms with Gasteiger partial charge in [0.25, 0.3) is 0 Å². The molecule has 0 heterocycles. The molecule has 0 spiro atoms. The summed E-state index contributed by atoms with van der Waals surface area (Å²) in [6.07, 6.45) is 0. The number of hydrogen-bond acceptors (Lipinski definition) is 4. The normalized spacial score (nSPS) is 13.1. The predicted octanol–water partition coefficient (Wildman–Crippen LogP) is 1.44. The van der Waals surface area contributed by atoms with Gasteiger partial charge in [0.15, 0.2) is 5.96 Å². The van der Waals surface area contributed by atoms with Gasteiger partial charge in [-0.25, -0.2) is 13.1 Å². The van der Waals surface area contributed by atoms with Crippen molar-refractivity contribution in [2.45, 2.75) is 17.9 Å². The molecule has 0 aliphatic carbocycles. The van der Waals surface area contributed by atoms with Gasteiger partial charge in [0.1, 0.15) is 0 Å². The zero-order valence-electron chi connectivity index (χ0n) is 13.9. The lowest BCUT2D eigenvalue weighted by atomic mass is 10.4. The Labute approximate surface area is 165 Å². The monoisotopic (exact) mass is 490 g/mol. The van der Waals surface area contributed by atoms with Crippen LogP contribution in [0.15, 0.2) is 34.2 Å². The molecule has 0 saturated carbocycles. The number of halogens is 2. The van der Waals surface area contributed by atoms with E-state index in [9.17, 15) is 8.42 Å². The summed E-state index contributed by atoms with van der Waals surface area (Å²) in [7, 11) is -0.306. The van der Waals surface area contributed by atoms with Crippen molar-refractivity contribution < 1.29 is 13.2 Å². The summed E-state index contributed by atoms with van der Waals surface area (Å²) < 4.78 is 31.7. The van der Waals surface area contributed by atoms with Crippen LogP contribution in [0.1, 0.15) is 6.92 Å². The van der Waals surface area contributed by atoms with Gasteiger partial charge in [-0.1, -0.05) is 17.7 Å². The quantitative estimate of drug-likeness (QED) is 0.222. The van der Waals surface area contributed by atoms with Gasteiger partial charge in [0.05, 0.1) is 11.5 Å². The highest BCUT2D eigenvalue weighted by Gasteiger charge is 2.13. The number of ether oxygens (including phenoxy) is 1. The summed E-state index contributed by atoms with van der Waals surface area (Å²) in [5, 5.41) is 6.53. The summed E-state index contributed by atoms with van der Waals surface area (Å²) in [5.41, 5.74) is 0. The Morgan fingerprint density at radius 1 is 1.38 bits per heavy atom. The molecule has 7 nitrogen and oxygen atoms in total. The van der Waals surface area contributed by atoms with E-state index in [0.717, 1.165) is 0 Å². The molecule has 3 N–H and O–H groups in total. The second kappa shape index (κ2) is 11.9. The van der Waals surface area contributed by atoms with Crippen molar-refractivity contribution >= 4 is 51.6 Å². The van der Waals surface area contributed by atoms with Crippen molar-refractivity contribution in [3.8, 4) is 0 Å². The molecule has 138 valence electrons. The molecule has 24 heavy (non-hydrogen) atoms. The molecule has 0 fully saturated rings. The molecule has 0 bridgehead atoms. The average Bonchev–Trinajstić information content (AvgIpc) is 2.50. The number of nitrogens with zero attached hydrogens (tertiary/aromatic N) is 1. The maximum atomic E-state index is 12.1. The third kappa shape index (κ3) is 8.47. The van der Waals surface area contributed by atoms with Crippen LogP contribution in [0.5, 0.6) is 0 Å². The van der Waals surface area contributed by atoms with Crippen LogP contribution < -0.4 is 15.4 Å². The van der Waals surface area contributed by atoms with E-state index in [1.807, 2.05) is 6.92 Å². The van der Waals surface area contributed by atoms with Crippen LogP contribution in [0.3, 0.4) is 0 Å². The molecular formula is C14H24ClIN4O3S. The minimum Gasteiger partial charge on any atom is -0.383 e. The van der Waals surface area contributed by atoms with Crippen molar-refractivity contribution in [3.63, 3.8) is 0 Å². The molecule has 10 heteroatoms. The summed E-state index contributed by atoms with van der Waals surface area (Å²) in [6, 6.07) is 6.21. The first-order valence-corrected chi connectivity index (χ1v) is 8.96. The van der Waals surface area contributed by atoms with E-state index in [1.54, 1.807) is 26.3 Å². The fourth-order valence-corrected chi connectivity index (χ4v) is 3.14. The second-order valence-electron chi connectivity index (χ2n) is 4.85. The van der Waals surface area contributed by atoms with Gasteiger partial charge in [-0.05, 0) is 25.1 Å². The smallest absolute Gasteiger partial charge is 0.240 e. The van der Waals surface area contributed by atoms with Crippen molar-refractivity contribution in [3.05, 3.63) is 29.3 Å².